The van der Waals surface area contributed by atoms with Crippen molar-refractivity contribution in [3.8, 4) is 0 Å². The normalized spacial score (nSPS) is 13.2. The van der Waals surface area contributed by atoms with Crippen LogP contribution in [0.5, 0.6) is 0 Å². The van der Waals surface area contributed by atoms with Gasteiger partial charge in [-0.25, -0.2) is 4.99 Å². The molecule has 0 radical (unpaired) electrons. The van der Waals surface area contributed by atoms with Crippen LogP contribution in [0, 0.1) is 0 Å². The minimum Gasteiger partial charge on any atom is -0.456 e. The Morgan fingerprint density at radius 3 is 2.66 bits per heavy atom. The van der Waals surface area contributed by atoms with Crippen molar-refractivity contribution in [3.05, 3.63) is 59.9 Å². The zero-order chi connectivity index (χ0) is 25.4. The molecule has 186 valence electrons. The van der Waals surface area contributed by atoms with Gasteiger partial charge in [-0.3, -0.25) is 19.5 Å². The molecule has 2 aromatic rings. The van der Waals surface area contributed by atoms with Crippen molar-refractivity contribution in [2.45, 2.75) is 45.7 Å². The molecule has 0 atom stereocenters. The Bertz CT molecular complexity index is 1110. The van der Waals surface area contributed by atoms with Crippen molar-refractivity contribution in [1.29, 1.82) is 0 Å². The standard InChI is InChI=1S/C25H27F3N4O3/c1-3-4-5-13-30-22-9-8-19(14-20(22)25(26,27)28)32(24(34)16-35-17(2)33)23-11-10-21(31-23)18-7-6-12-29-15-18/h6-10,12,14-15,30H,3-5,11,13,16H2,1-2H3. The number of carbonyl (C=O) groups is 2. The van der Waals surface area contributed by atoms with Gasteiger partial charge in [-0.05, 0) is 36.8 Å². The maximum atomic E-state index is 13.9. The van der Waals surface area contributed by atoms with Crippen LogP contribution in [0.4, 0.5) is 24.5 Å². The number of pyridine rings is 1. The molecule has 0 bridgehead atoms. The van der Waals surface area contributed by atoms with Crippen molar-refractivity contribution in [2.75, 3.05) is 23.4 Å². The third kappa shape index (κ3) is 6.91. The average Bonchev–Trinajstić information content (AvgIpc) is 3.31. The smallest absolute Gasteiger partial charge is 0.418 e. The molecule has 1 aromatic heterocycles. The van der Waals surface area contributed by atoms with Gasteiger partial charge in [0.25, 0.3) is 5.91 Å². The van der Waals surface area contributed by atoms with Crippen LogP contribution in [0.1, 0.15) is 50.7 Å². The maximum Gasteiger partial charge on any atom is 0.418 e. The summed E-state index contributed by atoms with van der Waals surface area (Å²) in [7, 11) is 0. The van der Waals surface area contributed by atoms with Gasteiger partial charge in [0, 0.05) is 43.5 Å². The summed E-state index contributed by atoms with van der Waals surface area (Å²) < 4.78 is 46.6. The summed E-state index contributed by atoms with van der Waals surface area (Å²) in [6, 6.07) is 7.17. The van der Waals surface area contributed by atoms with E-state index in [4.69, 9.17) is 4.74 Å². The van der Waals surface area contributed by atoms with Gasteiger partial charge >= 0.3 is 12.1 Å². The number of hydrogen-bond donors (Lipinski definition) is 1. The highest BCUT2D eigenvalue weighted by Crippen LogP contribution is 2.38. The molecule has 0 aliphatic carbocycles. The predicted octanol–water partition coefficient (Wildman–Crippen LogP) is 5.44. The zero-order valence-electron chi connectivity index (χ0n) is 19.6. The fraction of sp³-hybridized carbons (Fsp3) is 0.360. The lowest BCUT2D eigenvalue weighted by Gasteiger charge is -2.24. The van der Waals surface area contributed by atoms with Crippen LogP contribution in [0.3, 0.4) is 0 Å². The van der Waals surface area contributed by atoms with Crippen LogP contribution >= 0.6 is 0 Å². The number of unbranched alkanes of at least 4 members (excludes halogenated alkanes) is 2. The van der Waals surface area contributed by atoms with Gasteiger partial charge in [-0.2, -0.15) is 13.2 Å². The average molecular weight is 489 g/mol. The predicted molar refractivity (Wildman–Crippen MR) is 128 cm³/mol. The second-order valence-electron chi connectivity index (χ2n) is 7.93. The van der Waals surface area contributed by atoms with E-state index < -0.39 is 30.2 Å². The molecule has 0 fully saturated rings. The molecule has 0 saturated heterocycles. The zero-order valence-corrected chi connectivity index (χ0v) is 19.6. The third-order valence-corrected chi connectivity index (χ3v) is 5.25. The fourth-order valence-electron chi connectivity index (χ4n) is 3.58. The molecule has 3 rings (SSSR count). The number of aromatic nitrogens is 1. The Labute approximate surface area is 201 Å². The van der Waals surface area contributed by atoms with Gasteiger partial charge in [0.05, 0.1) is 16.9 Å². The van der Waals surface area contributed by atoms with Crippen LogP contribution in [0.2, 0.25) is 0 Å². The largest absolute Gasteiger partial charge is 0.456 e. The Kier molecular flexibility index (Phi) is 8.62. The second-order valence-corrected chi connectivity index (χ2v) is 7.93. The van der Waals surface area contributed by atoms with Crippen molar-refractivity contribution < 1.29 is 27.5 Å². The molecule has 1 aromatic carbocycles. The number of halogens is 3. The Morgan fingerprint density at radius 1 is 1.20 bits per heavy atom. The summed E-state index contributed by atoms with van der Waals surface area (Å²) in [6.07, 6.45) is 3.10. The number of ether oxygens (including phenoxy) is 1. The van der Waals surface area contributed by atoms with Crippen LogP contribution in [0.25, 0.3) is 5.70 Å². The maximum absolute atomic E-state index is 13.9. The number of alkyl halides is 3. The lowest BCUT2D eigenvalue weighted by atomic mass is 10.1. The number of amides is 1. The number of hydrogen-bond acceptors (Lipinski definition) is 6. The molecule has 2 heterocycles. The third-order valence-electron chi connectivity index (χ3n) is 5.25. The molecular formula is C25H27F3N4O3. The number of carbonyl (C=O) groups excluding carboxylic acids is 2. The van der Waals surface area contributed by atoms with Crippen LogP contribution in [-0.2, 0) is 20.5 Å². The first-order valence-corrected chi connectivity index (χ1v) is 11.3. The molecular weight excluding hydrogens is 461 g/mol. The number of benzene rings is 1. The van der Waals surface area contributed by atoms with E-state index in [1.165, 1.54) is 12.1 Å². The van der Waals surface area contributed by atoms with Crippen molar-refractivity contribution in [2.24, 2.45) is 4.99 Å². The number of nitrogens with zero attached hydrogens (tertiary/aromatic N) is 3. The number of nitrogens with one attached hydrogen (secondary N) is 1. The topological polar surface area (TPSA) is 83.9 Å². The van der Waals surface area contributed by atoms with Crippen molar-refractivity contribution >= 4 is 34.8 Å². The molecule has 1 aliphatic heterocycles. The number of amidine groups is 1. The summed E-state index contributed by atoms with van der Waals surface area (Å²) in [5, 5.41) is 2.85. The van der Waals surface area contributed by atoms with Crippen molar-refractivity contribution in [3.63, 3.8) is 0 Å². The van der Waals surface area contributed by atoms with E-state index in [9.17, 15) is 22.8 Å². The van der Waals surface area contributed by atoms with E-state index in [1.807, 2.05) is 6.92 Å². The molecule has 0 unspecified atom stereocenters. The molecule has 1 N–H and O–H groups in total. The monoisotopic (exact) mass is 488 g/mol. The first kappa shape index (κ1) is 25.9. The highest BCUT2D eigenvalue weighted by atomic mass is 19.4. The molecule has 0 spiro atoms. The molecule has 35 heavy (non-hydrogen) atoms. The van der Waals surface area contributed by atoms with E-state index >= 15 is 0 Å². The second kappa shape index (κ2) is 11.6. The van der Waals surface area contributed by atoms with Crippen molar-refractivity contribution in [1.82, 2.24) is 4.98 Å². The number of anilines is 2. The first-order valence-electron chi connectivity index (χ1n) is 11.3. The quantitative estimate of drug-likeness (QED) is 0.375. The number of rotatable bonds is 9. The molecule has 1 amide bonds. The van der Waals surface area contributed by atoms with E-state index in [-0.39, 0.29) is 23.6 Å². The highest BCUT2D eigenvalue weighted by molar-refractivity contribution is 6.20. The van der Waals surface area contributed by atoms with E-state index in [1.54, 1.807) is 30.6 Å². The summed E-state index contributed by atoms with van der Waals surface area (Å²) in [6.45, 7) is 2.93. The van der Waals surface area contributed by atoms with Crippen LogP contribution < -0.4 is 10.2 Å². The van der Waals surface area contributed by atoms with Gasteiger partial charge in [0.2, 0.25) is 0 Å². The van der Waals surface area contributed by atoms with Gasteiger partial charge in [-0.15, -0.1) is 0 Å². The molecule has 10 heteroatoms. The minimum atomic E-state index is -4.65. The number of esters is 1. The Morgan fingerprint density at radius 2 is 2.00 bits per heavy atom. The van der Waals surface area contributed by atoms with Gasteiger partial charge < -0.3 is 10.1 Å². The van der Waals surface area contributed by atoms with E-state index in [2.05, 4.69) is 15.3 Å². The van der Waals surface area contributed by atoms with Gasteiger partial charge in [0.15, 0.2) is 6.61 Å². The first-order chi connectivity index (χ1) is 16.7. The fourth-order valence-corrected chi connectivity index (χ4v) is 3.58. The lowest BCUT2D eigenvalue weighted by Crippen LogP contribution is -2.39. The Balaban J connectivity index is 1.97. The van der Waals surface area contributed by atoms with Gasteiger partial charge in [-0.1, -0.05) is 25.8 Å². The van der Waals surface area contributed by atoms with Crippen LogP contribution in [0.15, 0.2) is 53.8 Å². The van der Waals surface area contributed by atoms with E-state index in [0.29, 0.717) is 17.8 Å². The summed E-state index contributed by atoms with van der Waals surface area (Å²) >= 11 is 0. The number of aliphatic imine (C=N–C) groups is 1. The minimum absolute atomic E-state index is 0.0202. The summed E-state index contributed by atoms with van der Waals surface area (Å²) in [5.74, 6) is -1.17. The highest BCUT2D eigenvalue weighted by Gasteiger charge is 2.35. The van der Waals surface area contributed by atoms with Crippen LogP contribution in [-0.4, -0.2) is 35.8 Å². The Hall–Kier alpha value is -3.69. The SMILES string of the molecule is CCCCCNc1ccc(N(C(=O)COC(C)=O)C2=NC(c3cccnc3)=CC2)cc1C(F)(F)F. The van der Waals surface area contributed by atoms with E-state index in [0.717, 1.165) is 37.2 Å². The summed E-state index contributed by atoms with van der Waals surface area (Å²) in [5.41, 5.74) is 0.275. The summed E-state index contributed by atoms with van der Waals surface area (Å²) in [4.78, 5) is 33.8. The lowest BCUT2D eigenvalue weighted by molar-refractivity contribution is -0.145. The molecule has 0 saturated carbocycles. The molecule has 7 nitrogen and oxygen atoms in total. The van der Waals surface area contributed by atoms with Gasteiger partial charge in [0.1, 0.15) is 5.84 Å². The molecule has 1 aliphatic rings.